The summed E-state index contributed by atoms with van der Waals surface area (Å²) in [4.78, 5) is 4.10. The Hall–Kier alpha value is -0.920. The molecule has 1 heterocycles. The van der Waals surface area contributed by atoms with Crippen LogP contribution in [0.5, 0.6) is 0 Å². The molecular formula is C12H23N3O3S. The zero-order valence-corrected chi connectivity index (χ0v) is 12.8. The molecule has 110 valence electrons. The third-order valence-electron chi connectivity index (χ3n) is 2.84. The van der Waals surface area contributed by atoms with Crippen molar-refractivity contribution < 1.29 is 13.5 Å². The number of hydrogen-bond donors (Lipinski definition) is 2. The normalized spacial score (nSPS) is 12.9. The summed E-state index contributed by atoms with van der Waals surface area (Å²) in [5.74, 6) is 0.683. The molecule has 0 radical (unpaired) electrons. The second kappa shape index (κ2) is 6.02. The molecule has 6 nitrogen and oxygen atoms in total. The number of aromatic nitrogens is 2. The SMILES string of the molecule is CCCn1cc(S(=O)(=O)NC(C)(C)CCO)nc1C. The summed E-state index contributed by atoms with van der Waals surface area (Å²) in [5, 5.41) is 8.96. The van der Waals surface area contributed by atoms with Crippen LogP contribution in [0.25, 0.3) is 0 Å². The van der Waals surface area contributed by atoms with Crippen LogP contribution in [-0.2, 0) is 16.6 Å². The summed E-state index contributed by atoms with van der Waals surface area (Å²) in [6, 6.07) is 0. The minimum Gasteiger partial charge on any atom is -0.396 e. The van der Waals surface area contributed by atoms with Crippen LogP contribution in [0.1, 0.15) is 39.4 Å². The second-order valence-electron chi connectivity index (χ2n) is 5.28. The van der Waals surface area contributed by atoms with Crippen molar-refractivity contribution >= 4 is 10.0 Å². The van der Waals surface area contributed by atoms with Crippen LogP contribution in [0.2, 0.25) is 0 Å². The van der Waals surface area contributed by atoms with Gasteiger partial charge >= 0.3 is 0 Å². The molecule has 0 aromatic carbocycles. The number of aliphatic hydroxyl groups is 1. The highest BCUT2D eigenvalue weighted by Gasteiger charge is 2.27. The van der Waals surface area contributed by atoms with Crippen LogP contribution >= 0.6 is 0 Å². The molecule has 0 saturated heterocycles. The number of imidazole rings is 1. The van der Waals surface area contributed by atoms with Gasteiger partial charge in [-0.05, 0) is 33.6 Å². The molecule has 0 unspecified atom stereocenters. The predicted octanol–water partition coefficient (Wildman–Crippen LogP) is 1.04. The molecule has 0 fully saturated rings. The van der Waals surface area contributed by atoms with Crippen LogP contribution in [0.4, 0.5) is 0 Å². The zero-order valence-electron chi connectivity index (χ0n) is 12.0. The lowest BCUT2D eigenvalue weighted by molar-refractivity contribution is 0.245. The lowest BCUT2D eigenvalue weighted by Crippen LogP contribution is -2.44. The van der Waals surface area contributed by atoms with Crippen LogP contribution in [0.3, 0.4) is 0 Å². The van der Waals surface area contributed by atoms with Crippen molar-refractivity contribution in [3.8, 4) is 0 Å². The highest BCUT2D eigenvalue weighted by atomic mass is 32.2. The number of sulfonamides is 1. The number of hydrogen-bond acceptors (Lipinski definition) is 4. The third-order valence-corrected chi connectivity index (χ3v) is 4.41. The minimum atomic E-state index is -3.65. The van der Waals surface area contributed by atoms with Crippen molar-refractivity contribution in [3.05, 3.63) is 12.0 Å². The summed E-state index contributed by atoms with van der Waals surface area (Å²) in [6.45, 7) is 7.95. The van der Waals surface area contributed by atoms with E-state index in [1.807, 2.05) is 11.5 Å². The van der Waals surface area contributed by atoms with Gasteiger partial charge in [0.1, 0.15) is 5.82 Å². The molecule has 1 aromatic heterocycles. The Morgan fingerprint density at radius 2 is 2.11 bits per heavy atom. The van der Waals surface area contributed by atoms with E-state index >= 15 is 0 Å². The van der Waals surface area contributed by atoms with E-state index in [9.17, 15) is 8.42 Å². The number of rotatable bonds is 7. The molecule has 0 aliphatic heterocycles. The Bertz CT molecular complexity index is 520. The molecule has 0 atom stereocenters. The Balaban J connectivity index is 2.97. The smallest absolute Gasteiger partial charge is 0.260 e. The van der Waals surface area contributed by atoms with Gasteiger partial charge in [-0.2, -0.15) is 0 Å². The molecule has 0 bridgehead atoms. The topological polar surface area (TPSA) is 84.2 Å². The number of aliphatic hydroxyl groups excluding tert-OH is 1. The van der Waals surface area contributed by atoms with Gasteiger partial charge in [-0.15, -0.1) is 0 Å². The first kappa shape index (κ1) is 16.1. The quantitative estimate of drug-likeness (QED) is 0.785. The van der Waals surface area contributed by atoms with E-state index in [2.05, 4.69) is 9.71 Å². The summed E-state index contributed by atoms with van der Waals surface area (Å²) in [5.41, 5.74) is -0.698. The van der Waals surface area contributed by atoms with Crippen molar-refractivity contribution in [1.82, 2.24) is 14.3 Å². The van der Waals surface area contributed by atoms with Gasteiger partial charge < -0.3 is 9.67 Å². The van der Waals surface area contributed by atoms with E-state index in [0.717, 1.165) is 13.0 Å². The van der Waals surface area contributed by atoms with Crippen molar-refractivity contribution in [3.63, 3.8) is 0 Å². The van der Waals surface area contributed by atoms with Gasteiger partial charge in [0.05, 0.1) is 0 Å². The fourth-order valence-electron chi connectivity index (χ4n) is 1.82. The standard InChI is InChI=1S/C12H23N3O3S/c1-5-7-15-9-11(13-10(15)2)19(17,18)14-12(3,4)6-8-16/h9,14,16H,5-8H2,1-4H3. The lowest BCUT2D eigenvalue weighted by Gasteiger charge is -2.24. The van der Waals surface area contributed by atoms with Gasteiger partial charge in [0.25, 0.3) is 10.0 Å². The van der Waals surface area contributed by atoms with Gasteiger partial charge in [0.15, 0.2) is 5.03 Å². The fourth-order valence-corrected chi connectivity index (χ4v) is 3.27. The van der Waals surface area contributed by atoms with Crippen molar-refractivity contribution in [1.29, 1.82) is 0 Å². The summed E-state index contributed by atoms with van der Waals surface area (Å²) in [6.07, 6.45) is 2.82. The molecule has 0 amide bonds. The van der Waals surface area contributed by atoms with Crippen LogP contribution in [0.15, 0.2) is 11.2 Å². The fraction of sp³-hybridized carbons (Fsp3) is 0.750. The number of nitrogens with zero attached hydrogens (tertiary/aromatic N) is 2. The predicted molar refractivity (Wildman–Crippen MR) is 73.4 cm³/mol. The third kappa shape index (κ3) is 4.29. The van der Waals surface area contributed by atoms with Crippen LogP contribution < -0.4 is 4.72 Å². The summed E-state index contributed by atoms with van der Waals surface area (Å²) >= 11 is 0. The molecule has 0 aliphatic rings. The molecule has 0 saturated carbocycles. The van der Waals surface area contributed by atoms with Crippen molar-refractivity contribution in [2.75, 3.05) is 6.61 Å². The van der Waals surface area contributed by atoms with E-state index in [4.69, 9.17) is 5.11 Å². The maximum Gasteiger partial charge on any atom is 0.260 e. The van der Waals surface area contributed by atoms with Gasteiger partial charge in [-0.3, -0.25) is 0 Å². The van der Waals surface area contributed by atoms with Crippen LogP contribution in [0, 0.1) is 6.92 Å². The average molecular weight is 289 g/mol. The van der Waals surface area contributed by atoms with E-state index < -0.39 is 15.6 Å². The molecule has 19 heavy (non-hydrogen) atoms. The highest BCUT2D eigenvalue weighted by molar-refractivity contribution is 7.89. The Labute approximate surface area is 114 Å². The van der Waals surface area contributed by atoms with Gasteiger partial charge in [0, 0.05) is 24.9 Å². The molecular weight excluding hydrogens is 266 g/mol. The summed E-state index contributed by atoms with van der Waals surface area (Å²) in [7, 11) is -3.65. The van der Waals surface area contributed by atoms with Gasteiger partial charge in [-0.25, -0.2) is 18.1 Å². The lowest BCUT2D eigenvalue weighted by atomic mass is 10.0. The van der Waals surface area contributed by atoms with E-state index in [0.29, 0.717) is 12.2 Å². The minimum absolute atomic E-state index is 0.0319. The van der Waals surface area contributed by atoms with Crippen LogP contribution in [-0.4, -0.2) is 35.2 Å². The van der Waals surface area contributed by atoms with Gasteiger partial charge in [0.2, 0.25) is 0 Å². The van der Waals surface area contributed by atoms with E-state index in [1.54, 1.807) is 27.0 Å². The maximum absolute atomic E-state index is 12.2. The molecule has 1 rings (SSSR count). The molecule has 0 aliphatic carbocycles. The Kier molecular flexibility index (Phi) is 5.11. The average Bonchev–Trinajstić information content (AvgIpc) is 2.60. The Morgan fingerprint density at radius 1 is 1.47 bits per heavy atom. The first-order chi connectivity index (χ1) is 8.72. The van der Waals surface area contributed by atoms with E-state index in [-0.39, 0.29) is 11.6 Å². The first-order valence-corrected chi connectivity index (χ1v) is 7.89. The molecule has 1 aromatic rings. The van der Waals surface area contributed by atoms with E-state index in [1.165, 1.54) is 0 Å². The molecule has 2 N–H and O–H groups in total. The number of nitrogens with one attached hydrogen (secondary N) is 1. The van der Waals surface area contributed by atoms with Crippen molar-refractivity contribution in [2.45, 2.75) is 57.6 Å². The van der Waals surface area contributed by atoms with Crippen molar-refractivity contribution in [2.24, 2.45) is 0 Å². The molecule has 7 heteroatoms. The monoisotopic (exact) mass is 289 g/mol. The highest BCUT2D eigenvalue weighted by Crippen LogP contribution is 2.15. The maximum atomic E-state index is 12.2. The largest absolute Gasteiger partial charge is 0.396 e. The number of aryl methyl sites for hydroxylation is 2. The van der Waals surface area contributed by atoms with Gasteiger partial charge in [-0.1, -0.05) is 6.92 Å². The zero-order chi connectivity index (χ0) is 14.7. The second-order valence-corrected chi connectivity index (χ2v) is 6.91. The summed E-state index contributed by atoms with van der Waals surface area (Å²) < 4.78 is 28.8. The molecule has 0 spiro atoms. The first-order valence-electron chi connectivity index (χ1n) is 6.40. The Morgan fingerprint density at radius 3 is 2.63 bits per heavy atom.